The number of ether oxygens (including phenoxy) is 1. The Balaban J connectivity index is 1.25. The minimum Gasteiger partial charge on any atom is -0.497 e. The molecule has 0 aromatic heterocycles. The van der Waals surface area contributed by atoms with Gasteiger partial charge in [-0.05, 0) is 73.4 Å². The fraction of sp³-hybridized carbons (Fsp3) is 0.517. The molecule has 0 spiro atoms. The van der Waals surface area contributed by atoms with Crippen molar-refractivity contribution in [3.8, 4) is 5.75 Å². The molecule has 35 heavy (non-hydrogen) atoms. The van der Waals surface area contributed by atoms with Gasteiger partial charge in [0.2, 0.25) is 5.91 Å². The van der Waals surface area contributed by atoms with E-state index >= 15 is 0 Å². The molecular formula is C29H37N3O3. The largest absolute Gasteiger partial charge is 0.497 e. The summed E-state index contributed by atoms with van der Waals surface area (Å²) in [5.41, 5.74) is 3.33. The second-order valence-corrected chi connectivity index (χ2v) is 10.2. The molecule has 2 aromatic rings. The van der Waals surface area contributed by atoms with E-state index in [4.69, 9.17) is 4.74 Å². The standard InChI is InChI=1S/C29H37N3O3/c1-35-24-15-13-23(14-16-24)29(34)32-19-17-31(18-20-32)27(22-8-2-3-9-22)28(33)30-26-12-6-10-21-7-4-5-11-25(21)26/h4-5,7,11,13-16,22,26-27H,2-3,6,8-10,12,17-20H2,1H3,(H,30,33)/t26-,27+/m1/s1. The number of carbonyl (C=O) groups is 2. The average molecular weight is 476 g/mol. The summed E-state index contributed by atoms with van der Waals surface area (Å²) in [7, 11) is 1.62. The summed E-state index contributed by atoms with van der Waals surface area (Å²) in [6, 6.07) is 15.8. The number of hydrogen-bond acceptors (Lipinski definition) is 4. The van der Waals surface area contributed by atoms with Crippen LogP contribution in [0.5, 0.6) is 5.75 Å². The minimum atomic E-state index is -0.107. The quantitative estimate of drug-likeness (QED) is 0.680. The number of nitrogens with zero attached hydrogens (tertiary/aromatic N) is 2. The van der Waals surface area contributed by atoms with Crippen LogP contribution in [-0.4, -0.2) is 60.9 Å². The maximum atomic E-state index is 13.8. The van der Waals surface area contributed by atoms with Gasteiger partial charge in [0.1, 0.15) is 5.75 Å². The highest BCUT2D eigenvalue weighted by Crippen LogP contribution is 2.33. The molecule has 1 saturated carbocycles. The molecule has 6 nitrogen and oxygen atoms in total. The van der Waals surface area contributed by atoms with E-state index in [-0.39, 0.29) is 23.9 Å². The molecule has 2 amide bonds. The number of nitrogens with one attached hydrogen (secondary N) is 1. The molecule has 0 radical (unpaired) electrons. The van der Waals surface area contributed by atoms with E-state index in [0.717, 1.165) is 50.9 Å². The van der Waals surface area contributed by atoms with Crippen molar-refractivity contribution in [1.82, 2.24) is 15.1 Å². The Kier molecular flexibility index (Phi) is 7.37. The van der Waals surface area contributed by atoms with Crippen molar-refractivity contribution in [2.75, 3.05) is 33.3 Å². The van der Waals surface area contributed by atoms with Gasteiger partial charge in [-0.25, -0.2) is 0 Å². The maximum Gasteiger partial charge on any atom is 0.253 e. The zero-order valence-corrected chi connectivity index (χ0v) is 20.7. The lowest BCUT2D eigenvalue weighted by Gasteiger charge is -2.41. The number of rotatable bonds is 6. The Morgan fingerprint density at radius 1 is 0.914 bits per heavy atom. The second-order valence-electron chi connectivity index (χ2n) is 10.2. The Morgan fingerprint density at radius 3 is 2.34 bits per heavy atom. The first-order valence-electron chi connectivity index (χ1n) is 13.2. The van der Waals surface area contributed by atoms with Gasteiger partial charge >= 0.3 is 0 Å². The van der Waals surface area contributed by atoms with E-state index < -0.39 is 0 Å². The van der Waals surface area contributed by atoms with Crippen molar-refractivity contribution in [1.29, 1.82) is 0 Å². The molecule has 1 heterocycles. The number of aryl methyl sites for hydroxylation is 1. The van der Waals surface area contributed by atoms with Crippen molar-refractivity contribution >= 4 is 11.8 Å². The highest BCUT2D eigenvalue weighted by Gasteiger charge is 2.38. The summed E-state index contributed by atoms with van der Waals surface area (Å²) in [6.07, 6.45) is 7.85. The number of piperazine rings is 1. The Labute approximate surface area is 208 Å². The van der Waals surface area contributed by atoms with Gasteiger partial charge in [0.05, 0.1) is 19.2 Å². The van der Waals surface area contributed by atoms with Gasteiger partial charge in [-0.15, -0.1) is 0 Å². The smallest absolute Gasteiger partial charge is 0.253 e. The van der Waals surface area contributed by atoms with Crippen molar-refractivity contribution in [2.45, 2.75) is 57.0 Å². The molecule has 2 aromatic carbocycles. The van der Waals surface area contributed by atoms with E-state index in [1.165, 1.54) is 24.0 Å². The summed E-state index contributed by atoms with van der Waals surface area (Å²) in [5.74, 6) is 1.37. The van der Waals surface area contributed by atoms with E-state index in [1.54, 1.807) is 7.11 Å². The van der Waals surface area contributed by atoms with Crippen LogP contribution in [0.15, 0.2) is 48.5 Å². The summed E-state index contributed by atoms with van der Waals surface area (Å²) < 4.78 is 5.21. The third kappa shape index (κ3) is 5.22. The van der Waals surface area contributed by atoms with Gasteiger partial charge in [0.25, 0.3) is 5.91 Å². The van der Waals surface area contributed by atoms with Crippen LogP contribution < -0.4 is 10.1 Å². The van der Waals surface area contributed by atoms with Gasteiger partial charge < -0.3 is 15.0 Å². The number of benzene rings is 2. The minimum absolute atomic E-state index is 0.0491. The number of carbonyl (C=O) groups excluding carboxylic acids is 2. The molecule has 1 aliphatic heterocycles. The van der Waals surface area contributed by atoms with E-state index in [9.17, 15) is 9.59 Å². The van der Waals surface area contributed by atoms with Crippen molar-refractivity contribution in [3.63, 3.8) is 0 Å². The van der Waals surface area contributed by atoms with Crippen LogP contribution in [0.2, 0.25) is 0 Å². The molecule has 6 heteroatoms. The topological polar surface area (TPSA) is 61.9 Å². The van der Waals surface area contributed by atoms with Crippen molar-refractivity contribution in [2.24, 2.45) is 5.92 Å². The third-order valence-corrected chi connectivity index (χ3v) is 8.13. The molecular weight excluding hydrogens is 438 g/mol. The first-order chi connectivity index (χ1) is 17.1. The molecule has 1 N–H and O–H groups in total. The first-order valence-corrected chi connectivity index (χ1v) is 13.2. The van der Waals surface area contributed by atoms with Gasteiger partial charge in [-0.3, -0.25) is 14.5 Å². The molecule has 1 saturated heterocycles. The molecule has 2 fully saturated rings. The molecule has 3 aliphatic rings. The van der Waals surface area contributed by atoms with Crippen LogP contribution in [0.3, 0.4) is 0 Å². The van der Waals surface area contributed by atoms with Crippen molar-refractivity contribution in [3.05, 3.63) is 65.2 Å². The number of amides is 2. The van der Waals surface area contributed by atoms with Gasteiger partial charge in [-0.2, -0.15) is 0 Å². The van der Waals surface area contributed by atoms with Crippen LogP contribution in [0.1, 0.15) is 66.1 Å². The first kappa shape index (κ1) is 23.9. The molecule has 5 rings (SSSR count). The van der Waals surface area contributed by atoms with Crippen LogP contribution in [0.25, 0.3) is 0 Å². The van der Waals surface area contributed by atoms with Gasteiger partial charge in [-0.1, -0.05) is 37.1 Å². The van der Waals surface area contributed by atoms with Crippen LogP contribution in [0.4, 0.5) is 0 Å². The van der Waals surface area contributed by atoms with Gasteiger partial charge in [0, 0.05) is 31.7 Å². The molecule has 186 valence electrons. The summed E-state index contributed by atoms with van der Waals surface area (Å²) >= 11 is 0. The lowest BCUT2D eigenvalue weighted by molar-refractivity contribution is -0.130. The predicted octanol–water partition coefficient (Wildman–Crippen LogP) is 4.21. The summed E-state index contributed by atoms with van der Waals surface area (Å²) in [4.78, 5) is 31.1. The van der Waals surface area contributed by atoms with E-state index in [1.807, 2.05) is 29.2 Å². The van der Waals surface area contributed by atoms with E-state index in [0.29, 0.717) is 24.6 Å². The molecule has 0 unspecified atom stereocenters. The third-order valence-electron chi connectivity index (χ3n) is 8.13. The van der Waals surface area contributed by atoms with Gasteiger partial charge in [0.15, 0.2) is 0 Å². The maximum absolute atomic E-state index is 13.8. The Hall–Kier alpha value is -2.86. The Morgan fingerprint density at radius 2 is 1.63 bits per heavy atom. The normalized spacial score (nSPS) is 21.9. The van der Waals surface area contributed by atoms with E-state index in [2.05, 4.69) is 34.5 Å². The number of methoxy groups -OCH3 is 1. The van der Waals surface area contributed by atoms with Crippen molar-refractivity contribution < 1.29 is 14.3 Å². The molecule has 2 atom stereocenters. The predicted molar refractivity (Wildman–Crippen MR) is 136 cm³/mol. The average Bonchev–Trinajstić information content (AvgIpc) is 3.43. The van der Waals surface area contributed by atoms with Crippen LogP contribution in [-0.2, 0) is 11.2 Å². The summed E-state index contributed by atoms with van der Waals surface area (Å²) in [5, 5.41) is 3.45. The molecule has 2 aliphatic carbocycles. The SMILES string of the molecule is COc1ccc(C(=O)N2CCN([C@H](C(=O)N[C@@H]3CCCc4ccccc43)C3CCCC3)CC2)cc1. The zero-order valence-electron chi connectivity index (χ0n) is 20.7. The monoisotopic (exact) mass is 475 g/mol. The summed E-state index contributed by atoms with van der Waals surface area (Å²) in [6.45, 7) is 2.76. The highest BCUT2D eigenvalue weighted by molar-refractivity contribution is 5.94. The number of hydrogen-bond donors (Lipinski definition) is 1. The lowest BCUT2D eigenvalue weighted by atomic mass is 9.87. The number of fused-ring (bicyclic) bond motifs is 1. The molecule has 0 bridgehead atoms. The zero-order chi connectivity index (χ0) is 24.2. The highest BCUT2D eigenvalue weighted by atomic mass is 16.5. The fourth-order valence-electron chi connectivity index (χ4n) is 6.23. The van der Waals surface area contributed by atoms with Crippen LogP contribution >= 0.6 is 0 Å². The van der Waals surface area contributed by atoms with Crippen LogP contribution in [0, 0.1) is 5.92 Å². The lowest BCUT2D eigenvalue weighted by Crippen LogP contribution is -2.58. The second kappa shape index (κ2) is 10.8. The Bertz CT molecular complexity index is 1020. The fourth-order valence-corrected chi connectivity index (χ4v) is 6.23.